The van der Waals surface area contributed by atoms with E-state index >= 15 is 0 Å². The highest BCUT2D eigenvalue weighted by molar-refractivity contribution is 7.99. The van der Waals surface area contributed by atoms with Gasteiger partial charge in [0.1, 0.15) is 0 Å². The monoisotopic (exact) mass is 237 g/mol. The van der Waals surface area contributed by atoms with E-state index in [4.69, 9.17) is 4.74 Å². The van der Waals surface area contributed by atoms with Gasteiger partial charge in [0, 0.05) is 24.6 Å². The zero-order valence-corrected chi connectivity index (χ0v) is 10.7. The second-order valence-corrected chi connectivity index (χ2v) is 5.32. The van der Waals surface area contributed by atoms with Crippen LogP contribution in [0, 0.1) is 0 Å². The number of fused-ring (bicyclic) bond motifs is 1. The molecule has 3 heteroatoms. The largest absolute Gasteiger partial charge is 0.380 e. The van der Waals surface area contributed by atoms with E-state index in [0.717, 1.165) is 6.54 Å². The van der Waals surface area contributed by atoms with Crippen LogP contribution in [0.15, 0.2) is 29.2 Å². The molecule has 2 nitrogen and oxygen atoms in total. The van der Waals surface area contributed by atoms with Crippen LogP contribution >= 0.6 is 11.8 Å². The van der Waals surface area contributed by atoms with E-state index in [1.165, 1.54) is 22.6 Å². The second kappa shape index (κ2) is 5.71. The van der Waals surface area contributed by atoms with Gasteiger partial charge in [-0.1, -0.05) is 18.2 Å². The molecule has 0 amide bonds. The molecule has 88 valence electrons. The molecule has 0 saturated carbocycles. The molecule has 1 N–H and O–H groups in total. The summed E-state index contributed by atoms with van der Waals surface area (Å²) in [4.78, 5) is 1.43. The van der Waals surface area contributed by atoms with Crippen molar-refractivity contribution in [1.82, 2.24) is 5.32 Å². The minimum Gasteiger partial charge on any atom is -0.380 e. The summed E-state index contributed by atoms with van der Waals surface area (Å²) in [7, 11) is 1.76. The fraction of sp³-hybridized carbons (Fsp3) is 0.538. The third-order valence-electron chi connectivity index (χ3n) is 3.01. The van der Waals surface area contributed by atoms with Crippen molar-refractivity contribution in [2.75, 3.05) is 19.4 Å². The van der Waals surface area contributed by atoms with Crippen LogP contribution in [0.5, 0.6) is 0 Å². The lowest BCUT2D eigenvalue weighted by Gasteiger charge is -2.27. The van der Waals surface area contributed by atoms with Gasteiger partial charge in [-0.3, -0.25) is 0 Å². The van der Waals surface area contributed by atoms with Gasteiger partial charge in [0.25, 0.3) is 0 Å². The quantitative estimate of drug-likeness (QED) is 0.870. The topological polar surface area (TPSA) is 21.3 Å². The van der Waals surface area contributed by atoms with Gasteiger partial charge >= 0.3 is 0 Å². The first-order valence-corrected chi connectivity index (χ1v) is 6.77. The first kappa shape index (κ1) is 12.0. The molecular formula is C13H19NOS. The maximum Gasteiger partial charge on any atom is 0.0667 e. The molecule has 0 bridgehead atoms. The molecule has 16 heavy (non-hydrogen) atoms. The van der Waals surface area contributed by atoms with Gasteiger partial charge in [0.05, 0.1) is 6.10 Å². The minimum absolute atomic E-state index is 0.279. The fourth-order valence-corrected chi connectivity index (χ4v) is 3.07. The van der Waals surface area contributed by atoms with E-state index in [0.29, 0.717) is 6.04 Å². The number of nitrogens with one attached hydrogen (secondary N) is 1. The van der Waals surface area contributed by atoms with Crippen molar-refractivity contribution in [2.24, 2.45) is 0 Å². The van der Waals surface area contributed by atoms with Crippen LogP contribution in [0.4, 0.5) is 0 Å². The summed E-state index contributed by atoms with van der Waals surface area (Å²) in [6, 6.07) is 9.19. The van der Waals surface area contributed by atoms with E-state index in [1.807, 2.05) is 11.8 Å². The van der Waals surface area contributed by atoms with Gasteiger partial charge in [-0.2, -0.15) is 0 Å². The molecule has 2 rings (SSSR count). The summed E-state index contributed by atoms with van der Waals surface area (Å²) < 4.78 is 5.26. The van der Waals surface area contributed by atoms with E-state index in [9.17, 15) is 0 Å². The molecule has 1 aromatic carbocycles. The molecule has 0 spiro atoms. The Kier molecular flexibility index (Phi) is 4.27. The molecule has 2 atom stereocenters. The lowest BCUT2D eigenvalue weighted by atomic mass is 10.0. The summed E-state index contributed by atoms with van der Waals surface area (Å²) in [6.07, 6.45) is 1.49. The third-order valence-corrected chi connectivity index (χ3v) is 4.14. The Labute approximate surface area is 102 Å². The van der Waals surface area contributed by atoms with Crippen LogP contribution in [0.2, 0.25) is 0 Å². The number of ether oxygens (including phenoxy) is 1. The maximum atomic E-state index is 5.26. The smallest absolute Gasteiger partial charge is 0.0667 e. The van der Waals surface area contributed by atoms with Crippen LogP contribution in [-0.2, 0) is 4.74 Å². The highest BCUT2D eigenvalue weighted by Gasteiger charge is 2.19. The summed E-state index contributed by atoms with van der Waals surface area (Å²) in [5, 5.41) is 3.59. The van der Waals surface area contributed by atoms with Crippen molar-refractivity contribution in [3.8, 4) is 0 Å². The SMILES string of the molecule is COC(C)CNC1CCSc2ccccc21. The highest BCUT2D eigenvalue weighted by atomic mass is 32.2. The van der Waals surface area contributed by atoms with Crippen LogP contribution in [0.1, 0.15) is 24.9 Å². The number of hydrogen-bond acceptors (Lipinski definition) is 3. The zero-order chi connectivity index (χ0) is 11.4. The Bertz CT molecular complexity index is 342. The van der Waals surface area contributed by atoms with E-state index < -0.39 is 0 Å². The number of benzene rings is 1. The van der Waals surface area contributed by atoms with Gasteiger partial charge in [-0.25, -0.2) is 0 Å². The molecule has 0 radical (unpaired) electrons. The molecule has 1 aliphatic rings. The Morgan fingerprint density at radius 3 is 3.12 bits per heavy atom. The Morgan fingerprint density at radius 1 is 1.50 bits per heavy atom. The van der Waals surface area contributed by atoms with Crippen molar-refractivity contribution in [1.29, 1.82) is 0 Å². The summed E-state index contributed by atoms with van der Waals surface area (Å²) in [5.74, 6) is 1.20. The van der Waals surface area contributed by atoms with Gasteiger partial charge in [0.15, 0.2) is 0 Å². The summed E-state index contributed by atoms with van der Waals surface area (Å²) in [6.45, 7) is 3.01. The average Bonchev–Trinajstić information content (AvgIpc) is 2.35. The predicted molar refractivity (Wildman–Crippen MR) is 69.0 cm³/mol. The van der Waals surface area contributed by atoms with Crippen molar-refractivity contribution in [2.45, 2.75) is 30.4 Å². The predicted octanol–water partition coefficient (Wildman–Crippen LogP) is 2.85. The molecular weight excluding hydrogens is 218 g/mol. The van der Waals surface area contributed by atoms with E-state index in [2.05, 4.69) is 36.5 Å². The standard InChI is InChI=1S/C13H19NOS/c1-10(15-2)9-14-12-7-8-16-13-6-4-3-5-11(12)13/h3-6,10,12,14H,7-9H2,1-2H3. The zero-order valence-electron chi connectivity index (χ0n) is 9.90. The normalized spacial score (nSPS) is 21.5. The second-order valence-electron chi connectivity index (χ2n) is 4.18. The van der Waals surface area contributed by atoms with Crippen LogP contribution in [-0.4, -0.2) is 25.5 Å². The third kappa shape index (κ3) is 2.78. The molecule has 0 aliphatic carbocycles. The maximum absolute atomic E-state index is 5.26. The van der Waals surface area contributed by atoms with Gasteiger partial charge in [0.2, 0.25) is 0 Å². The number of rotatable bonds is 4. The highest BCUT2D eigenvalue weighted by Crippen LogP contribution is 2.35. The van der Waals surface area contributed by atoms with Crippen LogP contribution in [0.25, 0.3) is 0 Å². The Morgan fingerprint density at radius 2 is 2.31 bits per heavy atom. The van der Waals surface area contributed by atoms with Crippen LogP contribution in [0.3, 0.4) is 0 Å². The van der Waals surface area contributed by atoms with E-state index in [1.54, 1.807) is 7.11 Å². The summed E-state index contributed by atoms with van der Waals surface area (Å²) in [5.41, 5.74) is 1.45. The van der Waals surface area contributed by atoms with Crippen LogP contribution < -0.4 is 5.32 Å². The molecule has 1 heterocycles. The Hall–Kier alpha value is -0.510. The first-order chi connectivity index (χ1) is 7.81. The minimum atomic E-state index is 0.279. The summed E-state index contributed by atoms with van der Waals surface area (Å²) >= 11 is 1.96. The molecule has 0 saturated heterocycles. The number of hydrogen-bond donors (Lipinski definition) is 1. The molecule has 1 aromatic rings. The van der Waals surface area contributed by atoms with Gasteiger partial charge in [-0.15, -0.1) is 11.8 Å². The average molecular weight is 237 g/mol. The molecule has 0 aromatic heterocycles. The first-order valence-electron chi connectivity index (χ1n) is 5.79. The lowest BCUT2D eigenvalue weighted by molar-refractivity contribution is 0.114. The fourth-order valence-electron chi connectivity index (χ4n) is 1.95. The molecule has 1 aliphatic heterocycles. The van der Waals surface area contributed by atoms with Crippen molar-refractivity contribution in [3.63, 3.8) is 0 Å². The lowest BCUT2D eigenvalue weighted by Crippen LogP contribution is -2.31. The van der Waals surface area contributed by atoms with Crippen molar-refractivity contribution >= 4 is 11.8 Å². The van der Waals surface area contributed by atoms with Gasteiger partial charge < -0.3 is 10.1 Å². The van der Waals surface area contributed by atoms with Gasteiger partial charge in [-0.05, 0) is 30.7 Å². The molecule has 2 unspecified atom stereocenters. The van der Waals surface area contributed by atoms with Crippen molar-refractivity contribution < 1.29 is 4.74 Å². The Balaban J connectivity index is 2.01. The molecule has 0 fully saturated rings. The number of methoxy groups -OCH3 is 1. The number of thioether (sulfide) groups is 1. The van der Waals surface area contributed by atoms with E-state index in [-0.39, 0.29) is 6.10 Å². The van der Waals surface area contributed by atoms with Crippen molar-refractivity contribution in [3.05, 3.63) is 29.8 Å².